The molecule has 0 saturated carbocycles. The first-order chi connectivity index (χ1) is 52.7. The lowest BCUT2D eigenvalue weighted by Gasteiger charge is -2.56. The standard InChI is InChI=1S/C31H29N3O3.C30H28FN3O3.C29H24N2O2/c32-16-23-14-22(6-9-30(23)37-25-10-12-35-13-11-25)26-2-1-3-28-27(26)15-29(33-28)21-4-7-24(8-5-21)34-17-31(18-34)19-36-20-31;31-26-6-7-27-25(18-28(33-27)20-1-4-23(5-2-20)34-11-15-36-16-12-34)30(26)21-3-8-29(22(17-21)19-32)37-24-9-13-35-14-10-24;30-18-23-16-21(9-10-29(23)33-24-11-13-32-14-12-24)25-5-2-6-27-26(25)17-28(31-27)22-8-7-19-3-1-4-20(19)15-22/h1-9,14-15,25,33H,10-13,17-20H2;1-8,17-18,24,33H,9-16H2;1-2,4-10,15-17,24,31H,3,11-14H2. The van der Waals surface area contributed by atoms with E-state index in [2.05, 4.69) is 183 Å². The van der Waals surface area contributed by atoms with Crippen molar-refractivity contribution in [2.75, 3.05) is 102 Å². The molecule has 1 aliphatic carbocycles. The third-order valence-corrected chi connectivity index (χ3v) is 21.7. The van der Waals surface area contributed by atoms with Crippen molar-refractivity contribution in [3.05, 3.63) is 228 Å². The van der Waals surface area contributed by atoms with Gasteiger partial charge in [-0.25, -0.2) is 4.39 Å². The molecule has 3 N–H and O–H groups in total. The Bertz CT molecular complexity index is 5410. The zero-order valence-electron chi connectivity index (χ0n) is 59.5. The summed E-state index contributed by atoms with van der Waals surface area (Å²) >= 11 is 0. The molecule has 107 heavy (non-hydrogen) atoms. The zero-order chi connectivity index (χ0) is 72.2. The Morgan fingerprint density at radius 3 is 1.33 bits per heavy atom. The molecule has 7 aliphatic rings. The maximum atomic E-state index is 15.2. The van der Waals surface area contributed by atoms with Crippen molar-refractivity contribution < 1.29 is 42.3 Å². The number of halogens is 1. The number of nitriles is 3. The largest absolute Gasteiger partial charge is 0.489 e. The number of benzene rings is 9. The topological polar surface area (TPSA) is 199 Å². The molecule has 12 aromatic rings. The van der Waals surface area contributed by atoms with Gasteiger partial charge in [-0.3, -0.25) is 0 Å². The molecule has 0 unspecified atom stereocenters. The van der Waals surface area contributed by atoms with Crippen LogP contribution in [0.15, 0.2) is 194 Å². The van der Waals surface area contributed by atoms with E-state index in [9.17, 15) is 15.8 Å². The van der Waals surface area contributed by atoms with Crippen LogP contribution in [0.4, 0.5) is 15.8 Å². The highest BCUT2D eigenvalue weighted by molar-refractivity contribution is 6.01. The molecule has 3 aromatic heterocycles. The Hall–Kier alpha value is -11.5. The van der Waals surface area contributed by atoms with Crippen molar-refractivity contribution in [2.45, 2.75) is 63.3 Å². The number of anilines is 2. The van der Waals surface area contributed by atoms with Crippen LogP contribution < -0.4 is 24.0 Å². The molecule has 0 atom stereocenters. The Morgan fingerprint density at radius 2 is 0.841 bits per heavy atom. The quantitative estimate of drug-likeness (QED) is 0.0930. The van der Waals surface area contributed by atoms with E-state index in [-0.39, 0.29) is 24.1 Å². The van der Waals surface area contributed by atoms with Gasteiger partial charge in [0.2, 0.25) is 0 Å². The van der Waals surface area contributed by atoms with E-state index in [1.54, 1.807) is 18.2 Å². The highest BCUT2D eigenvalue weighted by Gasteiger charge is 2.49. The van der Waals surface area contributed by atoms with Crippen molar-refractivity contribution in [1.29, 1.82) is 15.8 Å². The summed E-state index contributed by atoms with van der Waals surface area (Å²) in [4.78, 5) is 15.4. The lowest BCUT2D eigenvalue weighted by atomic mass is 9.78. The number of allylic oxidation sites excluding steroid dienone is 1. The van der Waals surface area contributed by atoms with Gasteiger partial charge >= 0.3 is 0 Å². The lowest BCUT2D eigenvalue weighted by molar-refractivity contribution is -0.127. The number of fused-ring (bicyclic) bond motifs is 4. The van der Waals surface area contributed by atoms with Crippen molar-refractivity contribution in [3.63, 3.8) is 0 Å². The first kappa shape index (κ1) is 68.6. The fraction of sp³-hybridized carbons (Fsp3) is 0.278. The van der Waals surface area contributed by atoms with Crippen LogP contribution in [0.3, 0.4) is 0 Å². The minimum absolute atomic E-state index is 0.0220. The predicted molar refractivity (Wildman–Crippen MR) is 416 cm³/mol. The first-order valence-electron chi connectivity index (χ1n) is 37.3. The van der Waals surface area contributed by atoms with Gasteiger partial charge in [0.15, 0.2) is 0 Å². The molecule has 16 nitrogen and oxygen atoms in total. The zero-order valence-corrected chi connectivity index (χ0v) is 59.5. The Morgan fingerprint density at radius 1 is 0.411 bits per heavy atom. The van der Waals surface area contributed by atoms with Crippen LogP contribution in [-0.2, 0) is 30.1 Å². The van der Waals surface area contributed by atoms with Crippen LogP contribution in [0.25, 0.3) is 106 Å². The summed E-state index contributed by atoms with van der Waals surface area (Å²) in [5, 5.41) is 32.5. The molecule has 19 rings (SSSR count). The number of H-pyrrole nitrogens is 3. The maximum absolute atomic E-state index is 15.2. The Labute approximate surface area is 621 Å². The van der Waals surface area contributed by atoms with E-state index < -0.39 is 0 Å². The number of aromatic amines is 3. The van der Waals surface area contributed by atoms with Crippen LogP contribution in [0.1, 0.15) is 66.3 Å². The average Bonchev–Trinajstić information content (AvgIpc) is 1.29. The van der Waals surface area contributed by atoms with E-state index in [1.165, 1.54) is 34.1 Å². The second-order valence-electron chi connectivity index (χ2n) is 28.8. The molecule has 0 bridgehead atoms. The number of nitrogens with one attached hydrogen (secondary N) is 3. The summed E-state index contributed by atoms with van der Waals surface area (Å²) in [5.74, 6) is 1.50. The highest BCUT2D eigenvalue weighted by atomic mass is 19.1. The molecule has 9 aromatic carbocycles. The van der Waals surface area contributed by atoms with E-state index in [1.807, 2.05) is 36.4 Å². The second kappa shape index (κ2) is 30.6. The Kier molecular flexibility index (Phi) is 19.6. The molecule has 0 radical (unpaired) electrons. The summed E-state index contributed by atoms with van der Waals surface area (Å²) in [6, 6.07) is 70.1. The number of rotatable bonds is 14. The number of morpholine rings is 1. The van der Waals surface area contributed by atoms with Crippen LogP contribution in [0.2, 0.25) is 0 Å². The summed E-state index contributed by atoms with van der Waals surface area (Å²) in [6.45, 7) is 11.4. The van der Waals surface area contributed by atoms with Crippen LogP contribution in [-0.4, -0.2) is 126 Å². The van der Waals surface area contributed by atoms with Gasteiger partial charge in [0.1, 0.15) is 59.6 Å². The van der Waals surface area contributed by atoms with Crippen molar-refractivity contribution in [3.8, 4) is 103 Å². The molecule has 6 saturated heterocycles. The fourth-order valence-corrected chi connectivity index (χ4v) is 15.8. The third-order valence-electron chi connectivity index (χ3n) is 21.7. The first-order valence-corrected chi connectivity index (χ1v) is 37.3. The van der Waals surface area contributed by atoms with Gasteiger partial charge in [-0.2, -0.15) is 15.8 Å². The number of ether oxygens (including phenoxy) is 8. The summed E-state index contributed by atoms with van der Waals surface area (Å²) in [7, 11) is 0. The smallest absolute Gasteiger partial charge is 0.137 e. The minimum atomic E-state index is -0.331. The minimum Gasteiger partial charge on any atom is -0.489 e. The van der Waals surface area contributed by atoms with Gasteiger partial charge in [-0.05, 0) is 171 Å². The monoisotopic (exact) mass is 1420 g/mol. The fourth-order valence-electron chi connectivity index (χ4n) is 15.8. The van der Waals surface area contributed by atoms with E-state index >= 15 is 4.39 Å². The summed E-state index contributed by atoms with van der Waals surface area (Å²) < 4.78 is 60.7. The van der Waals surface area contributed by atoms with Crippen molar-refractivity contribution in [1.82, 2.24) is 15.0 Å². The summed E-state index contributed by atoms with van der Waals surface area (Å²) in [5.41, 5.74) is 21.8. The van der Waals surface area contributed by atoms with Crippen molar-refractivity contribution in [2.24, 2.45) is 5.41 Å². The van der Waals surface area contributed by atoms with E-state index in [0.29, 0.717) is 90.1 Å². The molecule has 9 heterocycles. The highest BCUT2D eigenvalue weighted by Crippen LogP contribution is 2.43. The summed E-state index contributed by atoms with van der Waals surface area (Å²) in [6.07, 6.45) is 10.7. The normalized spacial score (nSPS) is 17.0. The van der Waals surface area contributed by atoms with Gasteiger partial charge in [-0.1, -0.05) is 91.0 Å². The number of nitrogens with zero attached hydrogens (tertiary/aromatic N) is 5. The molecule has 0 amide bonds. The van der Waals surface area contributed by atoms with E-state index in [4.69, 9.17) is 37.9 Å². The third kappa shape index (κ3) is 14.6. The second-order valence-corrected chi connectivity index (χ2v) is 28.8. The molecule has 1 spiro atoms. The molecular formula is C90H81FN8O8. The maximum Gasteiger partial charge on any atom is 0.137 e. The number of aromatic nitrogens is 3. The van der Waals surface area contributed by atoms with Crippen LogP contribution >= 0.6 is 0 Å². The SMILES string of the molecule is N#Cc1cc(-c2c(F)ccc3[nH]c(-c4ccc(N5CCOCC5)cc4)cc23)ccc1OC1CCOCC1.N#Cc1cc(-c2cccc3[nH]c(-c4ccc(N5CC6(COC6)C5)cc4)cc23)ccc1OC1CCOCC1.N#Cc1cc(-c2cccc3[nH]c(-c4ccc5c(c4)C=CC5)cc23)ccc1OC1CCOCC1. The number of hydrogen-bond donors (Lipinski definition) is 3. The molecular weight excluding hydrogens is 1340 g/mol. The average molecular weight is 1420 g/mol. The van der Waals surface area contributed by atoms with Crippen LogP contribution in [0.5, 0.6) is 17.2 Å². The van der Waals surface area contributed by atoms with Crippen LogP contribution in [0, 0.1) is 45.2 Å². The van der Waals surface area contributed by atoms with Gasteiger partial charge < -0.3 is 62.6 Å². The lowest BCUT2D eigenvalue weighted by Crippen LogP contribution is -2.66. The van der Waals surface area contributed by atoms with Gasteiger partial charge in [0.05, 0.1) is 88.2 Å². The molecule has 536 valence electrons. The van der Waals surface area contributed by atoms with E-state index in [0.717, 1.165) is 181 Å². The predicted octanol–water partition coefficient (Wildman–Crippen LogP) is 18.2. The van der Waals surface area contributed by atoms with Gasteiger partial charge in [0, 0.05) is 131 Å². The van der Waals surface area contributed by atoms with Gasteiger partial charge in [-0.15, -0.1) is 0 Å². The van der Waals surface area contributed by atoms with Gasteiger partial charge in [0.25, 0.3) is 0 Å². The van der Waals surface area contributed by atoms with Crippen molar-refractivity contribution >= 4 is 50.2 Å². The molecule has 17 heteroatoms. The molecule has 6 aliphatic heterocycles. The number of hydrogen-bond acceptors (Lipinski definition) is 13. The molecule has 6 fully saturated rings. The Balaban J connectivity index is 0.000000118.